The van der Waals surface area contributed by atoms with Crippen LogP contribution in [0.5, 0.6) is 0 Å². The number of benzene rings is 3. The van der Waals surface area contributed by atoms with Crippen LogP contribution in [0.4, 0.5) is 0 Å². The van der Waals surface area contributed by atoms with Crippen molar-refractivity contribution >= 4 is 33.4 Å². The number of sulfonamides is 1. The molecule has 0 spiro atoms. The van der Waals surface area contributed by atoms with E-state index in [1.807, 2.05) is 30.3 Å². The van der Waals surface area contributed by atoms with Crippen molar-refractivity contribution in [1.29, 1.82) is 0 Å². The molecule has 0 fully saturated rings. The van der Waals surface area contributed by atoms with Gasteiger partial charge >= 0.3 is 0 Å². The van der Waals surface area contributed by atoms with Gasteiger partial charge in [0.1, 0.15) is 0 Å². The number of carbonyl (C=O) groups is 2. The van der Waals surface area contributed by atoms with Gasteiger partial charge in [0.2, 0.25) is 15.9 Å². The number of halogens is 1. The van der Waals surface area contributed by atoms with E-state index < -0.39 is 28.0 Å². The van der Waals surface area contributed by atoms with Gasteiger partial charge in [0.05, 0.1) is 34.0 Å². The monoisotopic (exact) mass is 485 g/mol. The second kappa shape index (κ2) is 10.6. The number of carbonyl (C=O) groups excluding carboxylic acids is 2. The lowest BCUT2D eigenvalue weighted by molar-refractivity contribution is -0.122. The summed E-state index contributed by atoms with van der Waals surface area (Å²) in [7, 11) is -3.86. The van der Waals surface area contributed by atoms with Crippen molar-refractivity contribution in [3.63, 3.8) is 0 Å². The first-order valence-electron chi connectivity index (χ1n) is 10.2. The van der Waals surface area contributed by atoms with Crippen LogP contribution >= 0.6 is 11.6 Å². The highest BCUT2D eigenvalue weighted by atomic mass is 35.5. The summed E-state index contributed by atoms with van der Waals surface area (Å²) in [6, 6.07) is 20.8. The van der Waals surface area contributed by atoms with Crippen LogP contribution in [0.25, 0.3) is 0 Å². The molecule has 0 bridgehead atoms. The van der Waals surface area contributed by atoms with Gasteiger partial charge in [0.15, 0.2) is 0 Å². The molecule has 0 saturated heterocycles. The van der Waals surface area contributed by atoms with E-state index in [1.165, 1.54) is 12.1 Å². The number of nitrogens with two attached hydrogens (primary N) is 1. The smallest absolute Gasteiger partial charge is 0.253 e. The third-order valence-corrected chi connectivity index (χ3v) is 6.32. The molecule has 2 atom stereocenters. The fourth-order valence-corrected chi connectivity index (χ4v) is 4.14. The maximum Gasteiger partial charge on any atom is 0.253 e. The fourth-order valence-electron chi connectivity index (χ4n) is 3.35. The molecule has 4 N–H and O–H groups in total. The normalized spacial score (nSPS) is 13.1. The molecule has 0 radical (unpaired) electrons. The minimum atomic E-state index is -3.86. The van der Waals surface area contributed by atoms with E-state index in [0.29, 0.717) is 16.1 Å². The Hall–Kier alpha value is -3.20. The van der Waals surface area contributed by atoms with Crippen LogP contribution in [0.3, 0.4) is 0 Å². The standard InChI is InChI=1S/C24H24ClN3O4S/c1-16(18-10-7-11-19(14-18)33(26,31)32)27-23(29)15-22(17-8-3-2-4-9-17)28-24(30)20-12-5-6-13-21(20)25/h2-14,16,22H,15H2,1H3,(H,27,29)(H,28,30)(H2,26,31,32). The highest BCUT2D eigenvalue weighted by Crippen LogP contribution is 2.22. The summed E-state index contributed by atoms with van der Waals surface area (Å²) in [4.78, 5) is 25.6. The van der Waals surface area contributed by atoms with Crippen LogP contribution in [0, 0.1) is 0 Å². The molecule has 9 heteroatoms. The summed E-state index contributed by atoms with van der Waals surface area (Å²) in [5, 5.41) is 11.2. The zero-order chi connectivity index (χ0) is 24.0. The summed E-state index contributed by atoms with van der Waals surface area (Å²) in [5.74, 6) is -0.715. The molecule has 7 nitrogen and oxygen atoms in total. The first-order valence-corrected chi connectivity index (χ1v) is 12.1. The van der Waals surface area contributed by atoms with Gasteiger partial charge in [-0.15, -0.1) is 0 Å². The minimum absolute atomic E-state index is 0.0283. The molecule has 0 aliphatic rings. The molecule has 172 valence electrons. The lowest BCUT2D eigenvalue weighted by Gasteiger charge is -2.21. The van der Waals surface area contributed by atoms with Crippen LogP contribution in [0.15, 0.2) is 83.8 Å². The second-order valence-electron chi connectivity index (χ2n) is 7.53. The predicted octanol–water partition coefficient (Wildman–Crippen LogP) is 3.73. The van der Waals surface area contributed by atoms with E-state index in [2.05, 4.69) is 10.6 Å². The van der Waals surface area contributed by atoms with Crippen LogP contribution < -0.4 is 15.8 Å². The van der Waals surface area contributed by atoms with E-state index in [9.17, 15) is 18.0 Å². The van der Waals surface area contributed by atoms with E-state index in [0.717, 1.165) is 5.56 Å². The molecule has 0 heterocycles. The largest absolute Gasteiger partial charge is 0.350 e. The molecule has 3 aromatic carbocycles. The maximum atomic E-state index is 12.8. The van der Waals surface area contributed by atoms with Crippen molar-refractivity contribution in [2.75, 3.05) is 0 Å². The van der Waals surface area contributed by atoms with Crippen molar-refractivity contribution in [3.8, 4) is 0 Å². The third kappa shape index (κ3) is 6.64. The fraction of sp³-hybridized carbons (Fsp3) is 0.167. The summed E-state index contributed by atoms with van der Waals surface area (Å²) in [6.45, 7) is 1.74. The van der Waals surface area contributed by atoms with E-state index in [-0.39, 0.29) is 17.2 Å². The molecule has 0 aliphatic carbocycles. The number of rotatable bonds is 8. The van der Waals surface area contributed by atoms with Crippen molar-refractivity contribution in [3.05, 3.63) is 101 Å². The highest BCUT2D eigenvalue weighted by molar-refractivity contribution is 7.89. The zero-order valence-corrected chi connectivity index (χ0v) is 19.4. The molecule has 3 aromatic rings. The topological polar surface area (TPSA) is 118 Å². The van der Waals surface area contributed by atoms with Gasteiger partial charge in [-0.2, -0.15) is 0 Å². The van der Waals surface area contributed by atoms with Gasteiger partial charge in [-0.05, 0) is 42.3 Å². The minimum Gasteiger partial charge on any atom is -0.350 e. The zero-order valence-electron chi connectivity index (χ0n) is 17.9. The summed E-state index contributed by atoms with van der Waals surface area (Å²) < 4.78 is 23.2. The van der Waals surface area contributed by atoms with E-state index >= 15 is 0 Å². The lowest BCUT2D eigenvalue weighted by atomic mass is 10.0. The van der Waals surface area contributed by atoms with Crippen LogP contribution in [-0.4, -0.2) is 20.2 Å². The summed E-state index contributed by atoms with van der Waals surface area (Å²) >= 11 is 6.14. The number of amides is 2. The Morgan fingerprint density at radius 3 is 2.21 bits per heavy atom. The molecule has 0 aliphatic heterocycles. The highest BCUT2D eigenvalue weighted by Gasteiger charge is 2.22. The lowest BCUT2D eigenvalue weighted by Crippen LogP contribution is -2.34. The van der Waals surface area contributed by atoms with Gasteiger partial charge in [0.25, 0.3) is 5.91 Å². The molecule has 2 amide bonds. The molecule has 0 aromatic heterocycles. The Bertz CT molecular complexity index is 1250. The van der Waals surface area contributed by atoms with Crippen LogP contribution in [-0.2, 0) is 14.8 Å². The second-order valence-corrected chi connectivity index (χ2v) is 9.50. The molecule has 3 rings (SSSR count). The number of nitrogens with one attached hydrogen (secondary N) is 2. The number of hydrogen-bond donors (Lipinski definition) is 3. The average molecular weight is 486 g/mol. The Morgan fingerprint density at radius 1 is 0.909 bits per heavy atom. The van der Waals surface area contributed by atoms with E-state index in [1.54, 1.807) is 43.3 Å². The Labute approximate surface area is 198 Å². The van der Waals surface area contributed by atoms with Gasteiger partial charge in [-0.1, -0.05) is 66.2 Å². The van der Waals surface area contributed by atoms with Gasteiger partial charge in [-0.3, -0.25) is 9.59 Å². The van der Waals surface area contributed by atoms with E-state index in [4.69, 9.17) is 16.7 Å². The van der Waals surface area contributed by atoms with Crippen molar-refractivity contribution < 1.29 is 18.0 Å². The Morgan fingerprint density at radius 2 is 1.55 bits per heavy atom. The number of hydrogen-bond acceptors (Lipinski definition) is 4. The Kier molecular flexibility index (Phi) is 7.86. The van der Waals surface area contributed by atoms with Gasteiger partial charge < -0.3 is 10.6 Å². The molecular formula is C24H24ClN3O4S. The van der Waals surface area contributed by atoms with Crippen LogP contribution in [0.2, 0.25) is 5.02 Å². The summed E-state index contributed by atoms with van der Waals surface area (Å²) in [5.41, 5.74) is 1.66. The summed E-state index contributed by atoms with van der Waals surface area (Å²) in [6.07, 6.45) is -0.0283. The van der Waals surface area contributed by atoms with Crippen LogP contribution in [0.1, 0.15) is 46.9 Å². The first kappa shape index (κ1) is 24.4. The molecule has 33 heavy (non-hydrogen) atoms. The van der Waals surface area contributed by atoms with Crippen molar-refractivity contribution in [1.82, 2.24) is 10.6 Å². The average Bonchev–Trinajstić information content (AvgIpc) is 2.79. The molecule has 2 unspecified atom stereocenters. The molecular weight excluding hydrogens is 462 g/mol. The Balaban J connectivity index is 1.75. The third-order valence-electron chi connectivity index (χ3n) is 5.08. The number of primary sulfonamides is 1. The quantitative estimate of drug-likeness (QED) is 0.450. The van der Waals surface area contributed by atoms with Gasteiger partial charge in [-0.25, -0.2) is 13.6 Å². The van der Waals surface area contributed by atoms with Gasteiger partial charge in [0, 0.05) is 0 Å². The maximum absolute atomic E-state index is 12.8. The SMILES string of the molecule is CC(NC(=O)CC(NC(=O)c1ccccc1Cl)c1ccccc1)c1cccc(S(N)(=O)=O)c1. The first-order chi connectivity index (χ1) is 15.6. The van der Waals surface area contributed by atoms with Crippen molar-refractivity contribution in [2.24, 2.45) is 5.14 Å². The van der Waals surface area contributed by atoms with Crippen molar-refractivity contribution in [2.45, 2.75) is 30.3 Å². The predicted molar refractivity (Wildman–Crippen MR) is 127 cm³/mol. The molecule has 0 saturated carbocycles.